The largest absolute Gasteiger partial charge is 0.336 e. The number of amides is 1. The Bertz CT molecular complexity index is 1170. The molecule has 0 saturated carbocycles. The van der Waals surface area contributed by atoms with Crippen LogP contribution in [0, 0.1) is 11.7 Å². The van der Waals surface area contributed by atoms with E-state index in [1.807, 2.05) is 12.1 Å². The van der Waals surface area contributed by atoms with Gasteiger partial charge < -0.3 is 4.90 Å². The van der Waals surface area contributed by atoms with E-state index in [2.05, 4.69) is 23.2 Å². The Morgan fingerprint density at radius 1 is 1.00 bits per heavy atom. The summed E-state index contributed by atoms with van der Waals surface area (Å²) in [7, 11) is 0. The van der Waals surface area contributed by atoms with Crippen LogP contribution in [0.4, 0.5) is 4.39 Å². The van der Waals surface area contributed by atoms with Gasteiger partial charge in [-0.2, -0.15) is 0 Å². The van der Waals surface area contributed by atoms with Gasteiger partial charge in [-0.05, 0) is 84.9 Å². The minimum Gasteiger partial charge on any atom is -0.336 e. The van der Waals surface area contributed by atoms with Gasteiger partial charge in [-0.15, -0.1) is 0 Å². The number of aromatic nitrogens is 1. The van der Waals surface area contributed by atoms with Crippen LogP contribution in [0.3, 0.4) is 0 Å². The van der Waals surface area contributed by atoms with Crippen molar-refractivity contribution in [1.29, 1.82) is 0 Å². The molecule has 5 rings (SSSR count). The van der Waals surface area contributed by atoms with Crippen LogP contribution in [0.15, 0.2) is 54.7 Å². The number of Topliss-reactive ketones (excluding diaryl/α,β-unsaturated/α-hetero) is 1. The van der Waals surface area contributed by atoms with Gasteiger partial charge in [0.1, 0.15) is 5.82 Å². The Labute approximate surface area is 187 Å². The van der Waals surface area contributed by atoms with Crippen LogP contribution in [0.1, 0.15) is 48.3 Å². The van der Waals surface area contributed by atoms with E-state index >= 15 is 0 Å². The molecule has 5 heteroatoms. The number of hydrogen-bond donors (Lipinski definition) is 0. The van der Waals surface area contributed by atoms with Gasteiger partial charge in [0.15, 0.2) is 0 Å². The fraction of sp³-hybridized carbons (Fsp3) is 0.370. The highest BCUT2D eigenvalue weighted by molar-refractivity contribution is 6.36. The van der Waals surface area contributed by atoms with Crippen molar-refractivity contribution < 1.29 is 14.0 Å². The molecular formula is C27H27FN2O2. The zero-order valence-corrected chi connectivity index (χ0v) is 18.1. The summed E-state index contributed by atoms with van der Waals surface area (Å²) in [5.41, 5.74) is 4.54. The van der Waals surface area contributed by atoms with Gasteiger partial charge in [-0.1, -0.05) is 24.3 Å². The first-order valence-corrected chi connectivity index (χ1v) is 11.5. The van der Waals surface area contributed by atoms with E-state index in [1.165, 1.54) is 17.2 Å². The lowest BCUT2D eigenvalue weighted by Crippen LogP contribution is -2.42. The number of pyridine rings is 1. The molecule has 164 valence electrons. The third kappa shape index (κ3) is 4.16. The van der Waals surface area contributed by atoms with E-state index in [1.54, 1.807) is 23.2 Å². The van der Waals surface area contributed by atoms with E-state index in [-0.39, 0.29) is 29.3 Å². The van der Waals surface area contributed by atoms with Gasteiger partial charge in [0.05, 0.1) is 5.52 Å². The molecule has 2 heterocycles. The Morgan fingerprint density at radius 2 is 1.78 bits per heavy atom. The monoisotopic (exact) mass is 430 g/mol. The van der Waals surface area contributed by atoms with E-state index in [9.17, 15) is 14.0 Å². The predicted octanol–water partition coefficient (Wildman–Crippen LogP) is 4.84. The van der Waals surface area contributed by atoms with Gasteiger partial charge >= 0.3 is 0 Å². The van der Waals surface area contributed by atoms with E-state index in [4.69, 9.17) is 0 Å². The molecule has 0 radical (unpaired) electrons. The summed E-state index contributed by atoms with van der Waals surface area (Å²) in [4.78, 5) is 31.6. The predicted molar refractivity (Wildman–Crippen MR) is 122 cm³/mol. The van der Waals surface area contributed by atoms with E-state index in [0.717, 1.165) is 48.6 Å². The van der Waals surface area contributed by atoms with Crippen molar-refractivity contribution in [2.45, 2.75) is 44.4 Å². The number of likely N-dealkylation sites (tertiary alicyclic amines) is 1. The molecule has 0 unspecified atom stereocenters. The number of carbonyl (C=O) groups excluding carboxylic acids is 2. The summed E-state index contributed by atoms with van der Waals surface area (Å²) in [5, 5.41) is 0.839. The standard InChI is InChI=1S/C27H27FN2O2/c28-22-7-8-25-24(17-22)23(9-12-29-25)20-10-13-30(14-11-20)27(32)26(31)16-18-5-6-19-3-1-2-4-21(19)15-18/h1-4,7-9,12,17-18,20H,5-6,10-11,13-16H2/t18-/m1/s1. The molecular weight excluding hydrogens is 403 g/mol. The number of halogens is 1. The fourth-order valence-corrected chi connectivity index (χ4v) is 5.36. The number of ketones is 1. The molecule has 0 N–H and O–H groups in total. The summed E-state index contributed by atoms with van der Waals surface area (Å²) >= 11 is 0. The van der Waals surface area contributed by atoms with Crippen molar-refractivity contribution in [3.63, 3.8) is 0 Å². The van der Waals surface area contributed by atoms with Crippen LogP contribution in [-0.4, -0.2) is 34.7 Å². The zero-order valence-electron chi connectivity index (χ0n) is 18.1. The average Bonchev–Trinajstić information content (AvgIpc) is 2.83. The smallest absolute Gasteiger partial charge is 0.289 e. The summed E-state index contributed by atoms with van der Waals surface area (Å²) < 4.78 is 13.8. The second-order valence-corrected chi connectivity index (χ2v) is 9.13. The third-order valence-corrected chi connectivity index (χ3v) is 7.12. The number of fused-ring (bicyclic) bond motifs is 2. The third-order valence-electron chi connectivity index (χ3n) is 7.12. The molecule has 4 nitrogen and oxygen atoms in total. The minimum atomic E-state index is -0.340. The van der Waals surface area contributed by atoms with Crippen LogP contribution < -0.4 is 0 Å². The normalized spacial score (nSPS) is 19.0. The molecule has 1 aliphatic heterocycles. The summed E-state index contributed by atoms with van der Waals surface area (Å²) in [6.45, 7) is 1.11. The van der Waals surface area contributed by atoms with E-state index < -0.39 is 0 Å². The molecule has 1 atom stereocenters. The highest BCUT2D eigenvalue weighted by Crippen LogP contribution is 2.33. The highest BCUT2D eigenvalue weighted by Gasteiger charge is 2.30. The first-order valence-electron chi connectivity index (χ1n) is 11.5. The quantitative estimate of drug-likeness (QED) is 0.557. The van der Waals surface area contributed by atoms with Crippen molar-refractivity contribution >= 4 is 22.6 Å². The molecule has 1 amide bonds. The molecule has 0 bridgehead atoms. The second-order valence-electron chi connectivity index (χ2n) is 9.13. The van der Waals surface area contributed by atoms with Crippen molar-refractivity contribution in [1.82, 2.24) is 9.88 Å². The van der Waals surface area contributed by atoms with E-state index in [0.29, 0.717) is 19.5 Å². The fourth-order valence-electron chi connectivity index (χ4n) is 5.36. The molecule has 1 aromatic heterocycles. The lowest BCUT2D eigenvalue weighted by atomic mass is 9.81. The summed E-state index contributed by atoms with van der Waals surface area (Å²) in [5.74, 6) is -0.388. The van der Waals surface area contributed by atoms with Crippen molar-refractivity contribution in [3.05, 3.63) is 77.2 Å². The van der Waals surface area contributed by atoms with Crippen molar-refractivity contribution in [2.75, 3.05) is 13.1 Å². The first kappa shape index (κ1) is 20.8. The number of rotatable bonds is 4. The number of hydrogen-bond acceptors (Lipinski definition) is 3. The van der Waals surface area contributed by atoms with Crippen LogP contribution in [0.2, 0.25) is 0 Å². The number of carbonyl (C=O) groups is 2. The molecule has 1 aliphatic carbocycles. The molecule has 3 aromatic rings. The van der Waals surface area contributed by atoms with Gasteiger partial charge in [-0.25, -0.2) is 4.39 Å². The SMILES string of the molecule is O=C(C[C@@H]1CCc2ccccc2C1)C(=O)N1CCC(c2ccnc3ccc(F)cc23)CC1. The topological polar surface area (TPSA) is 50.3 Å². The number of nitrogens with zero attached hydrogens (tertiary/aromatic N) is 2. The molecule has 1 fully saturated rings. The Hall–Kier alpha value is -3.08. The molecule has 32 heavy (non-hydrogen) atoms. The lowest BCUT2D eigenvalue weighted by molar-refractivity contribution is -0.145. The zero-order chi connectivity index (χ0) is 22.1. The van der Waals surface area contributed by atoms with Crippen LogP contribution >= 0.6 is 0 Å². The van der Waals surface area contributed by atoms with Crippen LogP contribution in [-0.2, 0) is 22.4 Å². The lowest BCUT2D eigenvalue weighted by Gasteiger charge is -2.32. The van der Waals surface area contributed by atoms with Crippen LogP contribution in [0.25, 0.3) is 10.9 Å². The highest BCUT2D eigenvalue weighted by atomic mass is 19.1. The maximum absolute atomic E-state index is 13.8. The molecule has 0 spiro atoms. The van der Waals surface area contributed by atoms with Gasteiger partial charge in [0.2, 0.25) is 5.78 Å². The Balaban J connectivity index is 1.20. The average molecular weight is 431 g/mol. The molecule has 1 saturated heterocycles. The summed E-state index contributed by atoms with van der Waals surface area (Å²) in [6.07, 6.45) is 6.46. The van der Waals surface area contributed by atoms with Crippen molar-refractivity contribution in [3.8, 4) is 0 Å². The van der Waals surface area contributed by atoms with Crippen molar-refractivity contribution in [2.24, 2.45) is 5.92 Å². The summed E-state index contributed by atoms with van der Waals surface area (Å²) in [6, 6.07) is 15.0. The number of piperidine rings is 1. The Kier molecular flexibility index (Phi) is 5.73. The first-order chi connectivity index (χ1) is 15.6. The minimum absolute atomic E-state index is 0.233. The molecule has 2 aliphatic rings. The number of benzene rings is 2. The number of aryl methyl sites for hydroxylation is 1. The Morgan fingerprint density at radius 3 is 2.59 bits per heavy atom. The van der Waals surface area contributed by atoms with Gasteiger partial charge in [0, 0.05) is 31.1 Å². The van der Waals surface area contributed by atoms with Gasteiger partial charge in [-0.3, -0.25) is 14.6 Å². The maximum atomic E-state index is 13.8. The van der Waals surface area contributed by atoms with Crippen LogP contribution in [0.5, 0.6) is 0 Å². The molecule has 2 aromatic carbocycles. The second kappa shape index (κ2) is 8.81. The van der Waals surface area contributed by atoms with Gasteiger partial charge in [0.25, 0.3) is 5.91 Å². The maximum Gasteiger partial charge on any atom is 0.289 e.